The molecule has 0 radical (unpaired) electrons. The Hall–Kier alpha value is -2.33. The molecule has 1 saturated heterocycles. The van der Waals surface area contributed by atoms with E-state index in [1.54, 1.807) is 32.2 Å². The van der Waals surface area contributed by atoms with Crippen LogP contribution in [0, 0.1) is 0 Å². The molecule has 4 rings (SSSR count). The Morgan fingerprint density at radius 3 is 2.57 bits per heavy atom. The Balaban J connectivity index is 1.86. The number of carbonyl (C=O) groups excluding carboxylic acids is 1. The summed E-state index contributed by atoms with van der Waals surface area (Å²) in [4.78, 5) is 12.9. The van der Waals surface area contributed by atoms with Crippen molar-refractivity contribution in [2.45, 2.75) is 18.3 Å². The summed E-state index contributed by atoms with van der Waals surface area (Å²) in [5, 5.41) is 0. The van der Waals surface area contributed by atoms with Gasteiger partial charge in [-0.05, 0) is 17.7 Å². The molecule has 4 heteroatoms. The number of epoxide rings is 1. The van der Waals surface area contributed by atoms with E-state index in [1.165, 1.54) is 0 Å². The predicted octanol–water partition coefficient (Wildman–Crippen LogP) is 2.91. The number of benzene rings is 2. The fourth-order valence-electron chi connectivity index (χ4n) is 3.04. The molecule has 21 heavy (non-hydrogen) atoms. The molecule has 2 aliphatic rings. The first-order valence-corrected chi connectivity index (χ1v) is 6.78. The number of Topliss-reactive ketones (excluding diaryl/α,β-unsaturated/α-hetero) is 1. The van der Waals surface area contributed by atoms with Crippen molar-refractivity contribution in [3.8, 4) is 11.5 Å². The summed E-state index contributed by atoms with van der Waals surface area (Å²) < 4.78 is 16.9. The van der Waals surface area contributed by atoms with Gasteiger partial charge in [-0.2, -0.15) is 0 Å². The maximum Gasteiger partial charge on any atom is 0.250 e. The van der Waals surface area contributed by atoms with Crippen molar-refractivity contribution in [2.75, 3.05) is 7.11 Å². The Kier molecular flexibility index (Phi) is 2.28. The highest BCUT2D eigenvalue weighted by atomic mass is 16.8. The van der Waals surface area contributed by atoms with E-state index < -0.39 is 11.4 Å². The predicted molar refractivity (Wildman–Crippen MR) is 75.6 cm³/mol. The fourth-order valence-corrected chi connectivity index (χ4v) is 3.04. The van der Waals surface area contributed by atoms with Crippen molar-refractivity contribution in [3.05, 3.63) is 59.7 Å². The maximum atomic E-state index is 12.9. The third kappa shape index (κ3) is 1.45. The molecule has 2 aromatic rings. The van der Waals surface area contributed by atoms with Gasteiger partial charge >= 0.3 is 0 Å². The van der Waals surface area contributed by atoms with Gasteiger partial charge in [-0.15, -0.1) is 0 Å². The van der Waals surface area contributed by atoms with E-state index in [1.807, 2.05) is 30.3 Å². The summed E-state index contributed by atoms with van der Waals surface area (Å²) in [5.74, 6) is 0.133. The second-order valence-electron chi connectivity index (χ2n) is 5.39. The van der Waals surface area contributed by atoms with Gasteiger partial charge in [-0.25, -0.2) is 0 Å². The number of fused-ring (bicyclic) bond motifs is 2. The number of ether oxygens (including phenoxy) is 3. The summed E-state index contributed by atoms with van der Waals surface area (Å²) in [7, 11) is 1.58. The van der Waals surface area contributed by atoms with Crippen LogP contribution in [-0.2, 0) is 10.3 Å². The van der Waals surface area contributed by atoms with Gasteiger partial charge in [0.05, 0.1) is 12.7 Å². The Morgan fingerprint density at radius 1 is 1.10 bits per heavy atom. The number of rotatable bonds is 2. The third-order valence-electron chi connectivity index (χ3n) is 4.18. The van der Waals surface area contributed by atoms with Crippen LogP contribution in [0.15, 0.2) is 48.5 Å². The molecule has 0 aliphatic carbocycles. The molecular formula is C17H14O4. The second kappa shape index (κ2) is 3.86. The van der Waals surface area contributed by atoms with Gasteiger partial charge in [0.1, 0.15) is 11.5 Å². The number of hydrogen-bond acceptors (Lipinski definition) is 4. The molecule has 4 nitrogen and oxygen atoms in total. The lowest BCUT2D eigenvalue weighted by Crippen LogP contribution is -2.38. The molecule has 2 heterocycles. The maximum absolute atomic E-state index is 12.9. The van der Waals surface area contributed by atoms with Crippen LogP contribution in [0.25, 0.3) is 0 Å². The van der Waals surface area contributed by atoms with Crippen LogP contribution in [0.1, 0.15) is 22.8 Å². The molecule has 0 amide bonds. The largest absolute Gasteiger partial charge is 0.497 e. The van der Waals surface area contributed by atoms with E-state index in [0.717, 1.165) is 5.56 Å². The first-order chi connectivity index (χ1) is 10.1. The molecule has 0 bridgehead atoms. The van der Waals surface area contributed by atoms with E-state index in [4.69, 9.17) is 14.2 Å². The highest BCUT2D eigenvalue weighted by Crippen LogP contribution is 2.61. The minimum absolute atomic E-state index is 0.0693. The van der Waals surface area contributed by atoms with Crippen LogP contribution in [0.3, 0.4) is 0 Å². The van der Waals surface area contributed by atoms with Crippen molar-refractivity contribution >= 4 is 5.78 Å². The number of methoxy groups -OCH3 is 1. The summed E-state index contributed by atoms with van der Waals surface area (Å²) >= 11 is 0. The van der Waals surface area contributed by atoms with Gasteiger partial charge in [-0.3, -0.25) is 4.79 Å². The quantitative estimate of drug-likeness (QED) is 0.795. The zero-order valence-electron chi connectivity index (χ0n) is 11.8. The lowest BCUT2D eigenvalue weighted by atomic mass is 9.84. The minimum Gasteiger partial charge on any atom is -0.497 e. The molecule has 0 spiro atoms. The SMILES string of the molecule is COc1ccc2c(c1)O[C@@]1(C)O[C@@]1(c1ccccc1)C2=O. The molecular weight excluding hydrogens is 268 g/mol. The monoisotopic (exact) mass is 282 g/mol. The van der Waals surface area contributed by atoms with Crippen molar-refractivity contribution in [3.63, 3.8) is 0 Å². The van der Waals surface area contributed by atoms with Gasteiger partial charge in [0.15, 0.2) is 0 Å². The molecule has 106 valence electrons. The molecule has 0 N–H and O–H groups in total. The Morgan fingerprint density at radius 2 is 1.86 bits per heavy atom. The zero-order valence-corrected chi connectivity index (χ0v) is 11.8. The van der Waals surface area contributed by atoms with Crippen molar-refractivity contribution in [2.24, 2.45) is 0 Å². The van der Waals surface area contributed by atoms with Crippen LogP contribution in [0.2, 0.25) is 0 Å². The van der Waals surface area contributed by atoms with E-state index >= 15 is 0 Å². The first kappa shape index (κ1) is 12.4. The topological polar surface area (TPSA) is 48.1 Å². The highest BCUT2D eigenvalue weighted by Gasteiger charge is 2.78. The summed E-state index contributed by atoms with van der Waals surface area (Å²) in [5.41, 5.74) is 0.309. The molecule has 2 aromatic carbocycles. The molecule has 1 fully saturated rings. The van der Waals surface area contributed by atoms with E-state index in [2.05, 4.69) is 0 Å². The second-order valence-corrected chi connectivity index (χ2v) is 5.39. The van der Waals surface area contributed by atoms with Crippen molar-refractivity contribution in [1.29, 1.82) is 0 Å². The summed E-state index contributed by atoms with van der Waals surface area (Å²) in [6.45, 7) is 1.79. The van der Waals surface area contributed by atoms with Gasteiger partial charge in [0.25, 0.3) is 5.79 Å². The number of hydrogen-bond donors (Lipinski definition) is 0. The van der Waals surface area contributed by atoms with Gasteiger partial charge in [0.2, 0.25) is 11.4 Å². The zero-order chi connectivity index (χ0) is 14.7. The molecule has 0 aromatic heterocycles. The average molecular weight is 282 g/mol. The molecule has 2 atom stereocenters. The number of carbonyl (C=O) groups is 1. The van der Waals surface area contributed by atoms with Gasteiger partial charge in [-0.1, -0.05) is 30.3 Å². The van der Waals surface area contributed by atoms with E-state index in [0.29, 0.717) is 17.1 Å². The van der Waals surface area contributed by atoms with Crippen molar-refractivity contribution < 1.29 is 19.0 Å². The minimum atomic E-state index is -1.03. The first-order valence-electron chi connectivity index (χ1n) is 6.78. The third-order valence-corrected chi connectivity index (χ3v) is 4.18. The Labute approximate surface area is 122 Å². The summed E-state index contributed by atoms with van der Waals surface area (Å²) in [6.07, 6.45) is 0. The van der Waals surface area contributed by atoms with E-state index in [-0.39, 0.29) is 5.78 Å². The number of ketones is 1. The fraction of sp³-hybridized carbons (Fsp3) is 0.235. The lowest BCUT2D eigenvalue weighted by molar-refractivity contribution is 0.0737. The van der Waals surface area contributed by atoms with Crippen LogP contribution < -0.4 is 9.47 Å². The van der Waals surface area contributed by atoms with E-state index in [9.17, 15) is 4.79 Å². The smallest absolute Gasteiger partial charge is 0.250 e. The average Bonchev–Trinajstić information content (AvgIpc) is 3.15. The van der Waals surface area contributed by atoms with Crippen LogP contribution >= 0.6 is 0 Å². The lowest BCUT2D eigenvalue weighted by Gasteiger charge is -2.25. The van der Waals surface area contributed by atoms with Crippen LogP contribution in [-0.4, -0.2) is 18.7 Å². The van der Waals surface area contributed by atoms with Gasteiger partial charge in [0, 0.05) is 13.0 Å². The van der Waals surface area contributed by atoms with Gasteiger partial charge < -0.3 is 14.2 Å². The molecule has 0 unspecified atom stereocenters. The van der Waals surface area contributed by atoms with Crippen LogP contribution in [0.4, 0.5) is 0 Å². The normalized spacial score (nSPS) is 29.1. The summed E-state index contributed by atoms with van der Waals surface area (Å²) in [6, 6.07) is 14.7. The van der Waals surface area contributed by atoms with Crippen LogP contribution in [0.5, 0.6) is 11.5 Å². The molecule has 0 saturated carbocycles. The Bertz CT molecular complexity index is 740. The molecule has 2 aliphatic heterocycles. The standard InChI is InChI=1S/C17H14O4/c1-16-17(21-16,11-6-4-3-5-7-11)15(18)13-9-8-12(19-2)10-14(13)20-16/h3-10H,1-2H3/t16-,17-/m0/s1. The highest BCUT2D eigenvalue weighted by molar-refractivity contribution is 6.09. The van der Waals surface area contributed by atoms with Crippen molar-refractivity contribution in [1.82, 2.24) is 0 Å².